The van der Waals surface area contributed by atoms with Crippen LogP contribution < -0.4 is 0 Å². The fourth-order valence-electron chi connectivity index (χ4n) is 0.626. The molecule has 8 heavy (non-hydrogen) atoms. The highest BCUT2D eigenvalue weighted by atomic mass is 16.5. The Bertz CT molecular complexity index is 118. The van der Waals surface area contributed by atoms with Crippen LogP contribution >= 0.6 is 0 Å². The summed E-state index contributed by atoms with van der Waals surface area (Å²) in [5.74, 6) is 0.833. The molecule has 0 aromatic rings. The normalized spacial score (nSPS) is 17.2. The van der Waals surface area contributed by atoms with Crippen LogP contribution in [0.2, 0.25) is 0 Å². The average molecular weight is 111 g/mol. The van der Waals surface area contributed by atoms with E-state index in [1.807, 2.05) is 0 Å². The standard InChI is InChI=1S/C6H9NO/c1-2-3-6-7-4-5-8-6/h2H,1,3-5H2. The Balaban J connectivity index is 2.33. The zero-order chi connectivity index (χ0) is 5.82. The molecule has 1 heterocycles. The number of nitrogens with zero attached hydrogens (tertiary/aromatic N) is 1. The van der Waals surface area contributed by atoms with Gasteiger partial charge in [-0.15, -0.1) is 6.58 Å². The lowest BCUT2D eigenvalue weighted by molar-refractivity contribution is 0.341. The van der Waals surface area contributed by atoms with E-state index in [0.29, 0.717) is 0 Å². The van der Waals surface area contributed by atoms with Crippen molar-refractivity contribution in [1.82, 2.24) is 0 Å². The third kappa shape index (κ3) is 1.09. The summed E-state index contributed by atoms with van der Waals surface area (Å²) >= 11 is 0. The van der Waals surface area contributed by atoms with E-state index in [0.717, 1.165) is 25.5 Å². The van der Waals surface area contributed by atoms with Crippen LogP contribution in [-0.4, -0.2) is 19.0 Å². The summed E-state index contributed by atoms with van der Waals surface area (Å²) in [4.78, 5) is 4.05. The molecule has 0 N–H and O–H groups in total. The molecule has 1 rings (SSSR count). The minimum absolute atomic E-state index is 0.753. The van der Waals surface area contributed by atoms with Gasteiger partial charge in [-0.2, -0.15) is 0 Å². The van der Waals surface area contributed by atoms with Gasteiger partial charge in [-0.1, -0.05) is 6.08 Å². The zero-order valence-electron chi connectivity index (χ0n) is 4.76. The third-order valence-corrected chi connectivity index (χ3v) is 0.967. The molecule has 0 unspecified atom stereocenters. The van der Waals surface area contributed by atoms with Gasteiger partial charge in [0.1, 0.15) is 6.61 Å². The largest absolute Gasteiger partial charge is 0.479 e. The predicted molar refractivity (Wildman–Crippen MR) is 33.1 cm³/mol. The van der Waals surface area contributed by atoms with Crippen molar-refractivity contribution in [2.75, 3.05) is 13.2 Å². The molecule has 1 aliphatic heterocycles. The molecule has 0 amide bonds. The van der Waals surface area contributed by atoms with Crippen LogP contribution in [0, 0.1) is 0 Å². The minimum atomic E-state index is 0.753. The molecule has 0 aromatic heterocycles. The maximum atomic E-state index is 5.07. The molecule has 44 valence electrons. The van der Waals surface area contributed by atoms with Crippen molar-refractivity contribution in [2.45, 2.75) is 6.42 Å². The second-order valence-corrected chi connectivity index (χ2v) is 1.62. The fourth-order valence-corrected chi connectivity index (χ4v) is 0.626. The smallest absolute Gasteiger partial charge is 0.187 e. The van der Waals surface area contributed by atoms with E-state index in [1.165, 1.54) is 0 Å². The van der Waals surface area contributed by atoms with Crippen LogP contribution in [0.25, 0.3) is 0 Å². The van der Waals surface area contributed by atoms with Crippen molar-refractivity contribution in [2.24, 2.45) is 4.99 Å². The molecule has 2 heteroatoms. The van der Waals surface area contributed by atoms with Crippen molar-refractivity contribution in [3.05, 3.63) is 12.7 Å². The van der Waals surface area contributed by atoms with Gasteiger partial charge in [0, 0.05) is 6.42 Å². The van der Waals surface area contributed by atoms with Crippen molar-refractivity contribution < 1.29 is 4.74 Å². The average Bonchev–Trinajstić information content (AvgIpc) is 2.19. The highest BCUT2D eigenvalue weighted by Crippen LogP contribution is 1.97. The summed E-state index contributed by atoms with van der Waals surface area (Å²) in [6.07, 6.45) is 2.57. The maximum Gasteiger partial charge on any atom is 0.187 e. The first-order valence-corrected chi connectivity index (χ1v) is 2.70. The Morgan fingerprint density at radius 2 is 2.75 bits per heavy atom. The highest BCUT2D eigenvalue weighted by molar-refractivity contribution is 5.78. The van der Waals surface area contributed by atoms with Gasteiger partial charge in [0.05, 0.1) is 6.54 Å². The Hall–Kier alpha value is -0.790. The van der Waals surface area contributed by atoms with Gasteiger partial charge < -0.3 is 4.74 Å². The zero-order valence-corrected chi connectivity index (χ0v) is 4.76. The molecule has 2 nitrogen and oxygen atoms in total. The number of hydrogen-bond donors (Lipinski definition) is 0. The van der Waals surface area contributed by atoms with E-state index >= 15 is 0 Å². The number of ether oxygens (including phenoxy) is 1. The number of rotatable bonds is 2. The van der Waals surface area contributed by atoms with E-state index in [4.69, 9.17) is 4.74 Å². The quantitative estimate of drug-likeness (QED) is 0.487. The molecular weight excluding hydrogens is 102 g/mol. The van der Waals surface area contributed by atoms with Crippen molar-refractivity contribution in [3.63, 3.8) is 0 Å². The first-order valence-electron chi connectivity index (χ1n) is 2.70. The lowest BCUT2D eigenvalue weighted by atomic mass is 10.4. The lowest BCUT2D eigenvalue weighted by Crippen LogP contribution is -1.95. The molecule has 0 radical (unpaired) electrons. The van der Waals surface area contributed by atoms with Gasteiger partial charge in [-0.25, -0.2) is 0 Å². The van der Waals surface area contributed by atoms with Crippen molar-refractivity contribution >= 4 is 5.90 Å². The summed E-state index contributed by atoms with van der Waals surface area (Å²) in [6.45, 7) is 5.14. The Morgan fingerprint density at radius 3 is 3.25 bits per heavy atom. The first kappa shape index (κ1) is 5.35. The second-order valence-electron chi connectivity index (χ2n) is 1.62. The van der Waals surface area contributed by atoms with E-state index < -0.39 is 0 Å². The Kier molecular flexibility index (Phi) is 1.67. The maximum absolute atomic E-state index is 5.07. The first-order chi connectivity index (χ1) is 3.93. The second kappa shape index (κ2) is 2.50. The topological polar surface area (TPSA) is 21.6 Å². The molecule has 0 aliphatic carbocycles. The van der Waals surface area contributed by atoms with Crippen LogP contribution in [-0.2, 0) is 4.74 Å². The third-order valence-electron chi connectivity index (χ3n) is 0.967. The Labute approximate surface area is 48.9 Å². The van der Waals surface area contributed by atoms with E-state index in [2.05, 4.69) is 11.6 Å². The van der Waals surface area contributed by atoms with Gasteiger partial charge in [0.2, 0.25) is 0 Å². The monoisotopic (exact) mass is 111 g/mol. The van der Waals surface area contributed by atoms with Crippen LogP contribution in [0.1, 0.15) is 6.42 Å². The van der Waals surface area contributed by atoms with Gasteiger partial charge >= 0.3 is 0 Å². The fraction of sp³-hybridized carbons (Fsp3) is 0.500. The van der Waals surface area contributed by atoms with Crippen molar-refractivity contribution in [1.29, 1.82) is 0 Å². The molecule has 1 aliphatic rings. The molecule has 0 saturated carbocycles. The summed E-state index contributed by atoms with van der Waals surface area (Å²) in [7, 11) is 0. The molecular formula is C6H9NO. The highest BCUT2D eigenvalue weighted by Gasteiger charge is 2.02. The molecule has 0 atom stereocenters. The number of hydrogen-bond acceptors (Lipinski definition) is 2. The Morgan fingerprint density at radius 1 is 1.88 bits per heavy atom. The summed E-state index contributed by atoms with van der Waals surface area (Å²) in [6, 6.07) is 0. The molecule has 0 fully saturated rings. The van der Waals surface area contributed by atoms with E-state index in [1.54, 1.807) is 6.08 Å². The molecule has 0 saturated heterocycles. The van der Waals surface area contributed by atoms with Gasteiger partial charge in [-0.3, -0.25) is 4.99 Å². The lowest BCUT2D eigenvalue weighted by Gasteiger charge is -1.92. The molecule has 0 bridgehead atoms. The summed E-state index contributed by atoms with van der Waals surface area (Å²) in [5, 5.41) is 0. The predicted octanol–water partition coefficient (Wildman–Crippen LogP) is 0.991. The van der Waals surface area contributed by atoms with E-state index in [9.17, 15) is 0 Å². The van der Waals surface area contributed by atoms with Crippen LogP contribution in [0.3, 0.4) is 0 Å². The molecule has 0 aromatic carbocycles. The van der Waals surface area contributed by atoms with Crippen LogP contribution in [0.5, 0.6) is 0 Å². The molecule has 0 spiro atoms. The van der Waals surface area contributed by atoms with Gasteiger partial charge in [-0.05, 0) is 0 Å². The summed E-state index contributed by atoms with van der Waals surface area (Å²) in [5.41, 5.74) is 0. The van der Waals surface area contributed by atoms with Gasteiger partial charge in [0.25, 0.3) is 0 Å². The number of aliphatic imine (C=N–C) groups is 1. The minimum Gasteiger partial charge on any atom is -0.479 e. The van der Waals surface area contributed by atoms with Crippen LogP contribution in [0.4, 0.5) is 0 Å². The van der Waals surface area contributed by atoms with Crippen molar-refractivity contribution in [3.8, 4) is 0 Å². The SMILES string of the molecule is C=CCC1=NCCO1. The summed E-state index contributed by atoms with van der Waals surface area (Å²) < 4.78 is 5.07. The van der Waals surface area contributed by atoms with E-state index in [-0.39, 0.29) is 0 Å². The van der Waals surface area contributed by atoms with Crippen LogP contribution in [0.15, 0.2) is 17.6 Å². The van der Waals surface area contributed by atoms with Gasteiger partial charge in [0.15, 0.2) is 5.90 Å².